The summed E-state index contributed by atoms with van der Waals surface area (Å²) in [5, 5.41) is 0. The third-order valence-corrected chi connectivity index (χ3v) is 5.87. The summed E-state index contributed by atoms with van der Waals surface area (Å²) in [6, 6.07) is 0. The Labute approximate surface area is 116 Å². The molecule has 0 spiro atoms. The molecule has 0 bridgehead atoms. The first-order valence-electron chi connectivity index (χ1n) is 6.81. The van der Waals surface area contributed by atoms with Crippen LogP contribution in [0.2, 0.25) is 0 Å². The molecule has 0 radical (unpaired) electrons. The van der Waals surface area contributed by atoms with Gasteiger partial charge in [-0.05, 0) is 7.05 Å². The Morgan fingerprint density at radius 1 is 0.947 bits per heavy atom. The van der Waals surface area contributed by atoms with E-state index in [9.17, 15) is 8.42 Å². The Morgan fingerprint density at radius 2 is 1.42 bits per heavy atom. The van der Waals surface area contributed by atoms with Gasteiger partial charge in [0.15, 0.2) is 0 Å². The van der Waals surface area contributed by atoms with Crippen LogP contribution in [0.1, 0.15) is 0 Å². The predicted octanol–water partition coefficient (Wildman–Crippen LogP) is -0.718. The zero-order chi connectivity index (χ0) is 13.9. The van der Waals surface area contributed by atoms with Gasteiger partial charge in [0.05, 0.1) is 0 Å². The molecule has 0 aliphatic carbocycles. The van der Waals surface area contributed by atoms with Crippen molar-refractivity contribution in [2.75, 3.05) is 66.0 Å². The number of hydrogen-bond acceptors (Lipinski definition) is 4. The highest BCUT2D eigenvalue weighted by Crippen LogP contribution is 2.14. The monoisotopic (exact) mass is 288 g/mol. The van der Waals surface area contributed by atoms with Crippen molar-refractivity contribution >= 4 is 10.2 Å². The SMILES string of the molecule is C=CCN1CCN(S(=O)(=O)N2CCN(C)CC2)CC1. The first-order valence-corrected chi connectivity index (χ1v) is 8.21. The highest BCUT2D eigenvalue weighted by molar-refractivity contribution is 7.86. The van der Waals surface area contributed by atoms with E-state index in [4.69, 9.17) is 0 Å². The van der Waals surface area contributed by atoms with E-state index < -0.39 is 10.2 Å². The summed E-state index contributed by atoms with van der Waals surface area (Å²) in [5.74, 6) is 0. The van der Waals surface area contributed by atoms with E-state index in [0.29, 0.717) is 26.2 Å². The predicted molar refractivity (Wildman–Crippen MR) is 76.2 cm³/mol. The molecule has 7 heteroatoms. The van der Waals surface area contributed by atoms with E-state index in [0.717, 1.165) is 32.7 Å². The fourth-order valence-corrected chi connectivity index (χ4v) is 4.08. The van der Waals surface area contributed by atoms with Gasteiger partial charge in [-0.15, -0.1) is 6.58 Å². The van der Waals surface area contributed by atoms with Crippen LogP contribution in [0, 0.1) is 0 Å². The maximum absolute atomic E-state index is 12.5. The second-order valence-electron chi connectivity index (χ2n) is 5.20. The largest absolute Gasteiger partial charge is 0.304 e. The molecule has 110 valence electrons. The van der Waals surface area contributed by atoms with Crippen LogP contribution in [0.25, 0.3) is 0 Å². The van der Waals surface area contributed by atoms with Crippen LogP contribution in [-0.2, 0) is 10.2 Å². The highest BCUT2D eigenvalue weighted by atomic mass is 32.2. The van der Waals surface area contributed by atoms with Crippen LogP contribution in [-0.4, -0.2) is 92.8 Å². The minimum absolute atomic E-state index is 0.586. The number of rotatable bonds is 4. The Kier molecular flexibility index (Phi) is 4.97. The van der Waals surface area contributed by atoms with Gasteiger partial charge >= 0.3 is 0 Å². The standard InChI is InChI=1S/C12H24N4O2S/c1-3-4-14-7-11-16(12-8-14)19(17,18)15-9-5-13(2)6-10-15/h3H,1,4-12H2,2H3. The minimum Gasteiger partial charge on any atom is -0.304 e. The van der Waals surface area contributed by atoms with Gasteiger partial charge in [0.1, 0.15) is 0 Å². The van der Waals surface area contributed by atoms with E-state index in [1.807, 2.05) is 13.1 Å². The molecule has 0 aromatic carbocycles. The van der Waals surface area contributed by atoms with Crippen molar-refractivity contribution in [1.82, 2.24) is 18.4 Å². The fraction of sp³-hybridized carbons (Fsp3) is 0.833. The van der Waals surface area contributed by atoms with Crippen molar-refractivity contribution in [1.29, 1.82) is 0 Å². The molecule has 0 amide bonds. The summed E-state index contributed by atoms with van der Waals surface area (Å²) in [7, 11) is -1.23. The smallest absolute Gasteiger partial charge is 0.282 e. The molecule has 0 N–H and O–H groups in total. The van der Waals surface area contributed by atoms with Crippen LogP contribution in [0.15, 0.2) is 12.7 Å². The summed E-state index contributed by atoms with van der Waals surface area (Å²) in [6.07, 6.45) is 1.87. The molecule has 2 aliphatic rings. The molecule has 2 rings (SSSR count). The molecule has 2 saturated heterocycles. The molecule has 0 unspecified atom stereocenters. The molecule has 2 aliphatic heterocycles. The van der Waals surface area contributed by atoms with Crippen molar-refractivity contribution in [2.24, 2.45) is 0 Å². The van der Waals surface area contributed by atoms with Crippen LogP contribution >= 0.6 is 0 Å². The normalized spacial score (nSPS) is 25.5. The second kappa shape index (κ2) is 6.32. The van der Waals surface area contributed by atoms with E-state index in [-0.39, 0.29) is 0 Å². The third-order valence-electron chi connectivity index (χ3n) is 3.83. The molecule has 0 saturated carbocycles. The van der Waals surface area contributed by atoms with E-state index >= 15 is 0 Å². The maximum Gasteiger partial charge on any atom is 0.282 e. The van der Waals surface area contributed by atoms with Gasteiger partial charge < -0.3 is 4.90 Å². The van der Waals surface area contributed by atoms with E-state index in [1.165, 1.54) is 0 Å². The van der Waals surface area contributed by atoms with Crippen molar-refractivity contribution in [3.8, 4) is 0 Å². The number of hydrogen-bond donors (Lipinski definition) is 0. The molecule has 19 heavy (non-hydrogen) atoms. The zero-order valence-corrected chi connectivity index (χ0v) is 12.5. The molecule has 0 aromatic heterocycles. The van der Waals surface area contributed by atoms with Crippen LogP contribution in [0.5, 0.6) is 0 Å². The van der Waals surface area contributed by atoms with Crippen LogP contribution in [0.4, 0.5) is 0 Å². The summed E-state index contributed by atoms with van der Waals surface area (Å²) < 4.78 is 28.3. The number of likely N-dealkylation sites (N-methyl/N-ethyl adjacent to an activating group) is 1. The summed E-state index contributed by atoms with van der Waals surface area (Å²) in [4.78, 5) is 4.39. The van der Waals surface area contributed by atoms with Gasteiger partial charge in [-0.1, -0.05) is 6.08 Å². The van der Waals surface area contributed by atoms with E-state index in [2.05, 4.69) is 16.4 Å². The zero-order valence-electron chi connectivity index (χ0n) is 11.7. The lowest BCUT2D eigenvalue weighted by molar-refractivity contribution is 0.179. The van der Waals surface area contributed by atoms with E-state index in [1.54, 1.807) is 8.61 Å². The second-order valence-corrected chi connectivity index (χ2v) is 7.13. The van der Waals surface area contributed by atoms with Gasteiger partial charge in [-0.25, -0.2) is 0 Å². The molecule has 6 nitrogen and oxygen atoms in total. The Hall–Kier alpha value is -0.470. The van der Waals surface area contributed by atoms with Gasteiger partial charge in [0, 0.05) is 58.9 Å². The van der Waals surface area contributed by atoms with Crippen LogP contribution in [0.3, 0.4) is 0 Å². The quantitative estimate of drug-likeness (QED) is 0.641. The van der Waals surface area contributed by atoms with Gasteiger partial charge in [-0.3, -0.25) is 4.90 Å². The third kappa shape index (κ3) is 3.55. The summed E-state index contributed by atoms with van der Waals surface area (Å²) in [6.45, 7) is 10.1. The van der Waals surface area contributed by atoms with Gasteiger partial charge in [-0.2, -0.15) is 17.0 Å². The average molecular weight is 288 g/mol. The lowest BCUT2D eigenvalue weighted by atomic mass is 10.3. The lowest BCUT2D eigenvalue weighted by Gasteiger charge is -2.38. The molecular formula is C12H24N4O2S. The molecule has 2 heterocycles. The van der Waals surface area contributed by atoms with Gasteiger partial charge in [0.2, 0.25) is 0 Å². The first kappa shape index (κ1) is 14.9. The topological polar surface area (TPSA) is 47.1 Å². The van der Waals surface area contributed by atoms with Crippen LogP contribution < -0.4 is 0 Å². The Bertz CT molecular complexity index is 396. The first-order chi connectivity index (χ1) is 9.04. The number of piperazine rings is 2. The van der Waals surface area contributed by atoms with Crippen molar-refractivity contribution in [3.63, 3.8) is 0 Å². The minimum atomic E-state index is -3.26. The molecule has 0 aromatic rings. The molecular weight excluding hydrogens is 264 g/mol. The summed E-state index contributed by atoms with van der Waals surface area (Å²) >= 11 is 0. The Morgan fingerprint density at radius 3 is 1.89 bits per heavy atom. The lowest BCUT2D eigenvalue weighted by Crippen LogP contribution is -2.56. The highest BCUT2D eigenvalue weighted by Gasteiger charge is 2.33. The fourth-order valence-electron chi connectivity index (χ4n) is 2.51. The van der Waals surface area contributed by atoms with Crippen molar-refractivity contribution < 1.29 is 8.42 Å². The number of nitrogens with zero attached hydrogens (tertiary/aromatic N) is 4. The van der Waals surface area contributed by atoms with Crippen molar-refractivity contribution in [3.05, 3.63) is 12.7 Å². The molecule has 0 atom stereocenters. The van der Waals surface area contributed by atoms with Crippen molar-refractivity contribution in [2.45, 2.75) is 0 Å². The average Bonchev–Trinajstić information content (AvgIpc) is 2.40. The Balaban J connectivity index is 1.92. The van der Waals surface area contributed by atoms with Gasteiger partial charge in [0.25, 0.3) is 10.2 Å². The maximum atomic E-state index is 12.5. The molecule has 2 fully saturated rings. The summed E-state index contributed by atoms with van der Waals surface area (Å²) in [5.41, 5.74) is 0.